The molecule has 0 N–H and O–H groups in total. The van der Waals surface area contributed by atoms with Gasteiger partial charge < -0.3 is 9.64 Å². The topological polar surface area (TPSA) is 58.6 Å². The van der Waals surface area contributed by atoms with Gasteiger partial charge in [0, 0.05) is 25.8 Å². The van der Waals surface area contributed by atoms with E-state index in [1.54, 1.807) is 6.33 Å². The van der Waals surface area contributed by atoms with E-state index in [4.69, 9.17) is 4.74 Å². The molecule has 6 nitrogen and oxygen atoms in total. The standard InChI is InChI=1S/C17H24N4O2/c22-17(21-7-8-23-16-4-2-1-3-15(16)21)11-20-6-5-13-9-18-12-19-14(13)10-20/h9,12,15-16H,1-8,10-11H2/t15-,16+/m1/s1. The number of aromatic nitrogens is 2. The Morgan fingerprint density at radius 1 is 1.30 bits per heavy atom. The largest absolute Gasteiger partial charge is 0.374 e. The zero-order valence-corrected chi connectivity index (χ0v) is 13.5. The zero-order chi connectivity index (χ0) is 15.6. The van der Waals surface area contributed by atoms with Crippen molar-refractivity contribution in [2.75, 3.05) is 26.2 Å². The molecule has 3 aliphatic rings. The van der Waals surface area contributed by atoms with Crippen LogP contribution in [0.4, 0.5) is 0 Å². The molecular weight excluding hydrogens is 292 g/mol. The van der Waals surface area contributed by atoms with Crippen LogP contribution in [0.5, 0.6) is 0 Å². The van der Waals surface area contributed by atoms with Gasteiger partial charge >= 0.3 is 0 Å². The highest BCUT2D eigenvalue weighted by Crippen LogP contribution is 2.28. The van der Waals surface area contributed by atoms with Crippen LogP contribution in [0.3, 0.4) is 0 Å². The molecule has 6 heteroatoms. The highest BCUT2D eigenvalue weighted by Gasteiger charge is 2.37. The monoisotopic (exact) mass is 316 g/mol. The number of nitrogens with zero attached hydrogens (tertiary/aromatic N) is 4. The number of ether oxygens (including phenoxy) is 1. The van der Waals surface area contributed by atoms with Gasteiger partial charge in [0.15, 0.2) is 0 Å². The van der Waals surface area contributed by atoms with Crippen molar-refractivity contribution in [2.45, 2.75) is 50.8 Å². The Bertz CT molecular complexity index is 577. The number of rotatable bonds is 2. The Morgan fingerprint density at radius 2 is 2.22 bits per heavy atom. The van der Waals surface area contributed by atoms with Crippen LogP contribution in [-0.4, -0.2) is 64.1 Å². The number of morpholine rings is 1. The molecule has 0 unspecified atom stereocenters. The molecule has 1 aromatic rings. The number of hydrogen-bond acceptors (Lipinski definition) is 5. The second-order valence-electron chi connectivity index (χ2n) is 6.80. The molecule has 0 bridgehead atoms. The summed E-state index contributed by atoms with van der Waals surface area (Å²) in [6.07, 6.45) is 9.31. The summed E-state index contributed by atoms with van der Waals surface area (Å²) in [5.41, 5.74) is 2.28. The molecule has 1 aromatic heterocycles. The first kappa shape index (κ1) is 15.0. The highest BCUT2D eigenvalue weighted by atomic mass is 16.5. The maximum atomic E-state index is 12.8. The van der Waals surface area contributed by atoms with Crippen LogP contribution in [0.2, 0.25) is 0 Å². The summed E-state index contributed by atoms with van der Waals surface area (Å²) in [6.45, 7) is 3.58. The van der Waals surface area contributed by atoms with Gasteiger partial charge in [-0.25, -0.2) is 9.97 Å². The van der Waals surface area contributed by atoms with E-state index in [0.717, 1.165) is 44.6 Å². The van der Waals surface area contributed by atoms with Gasteiger partial charge in [0.25, 0.3) is 0 Å². The lowest BCUT2D eigenvalue weighted by molar-refractivity contribution is -0.150. The zero-order valence-electron chi connectivity index (χ0n) is 13.5. The van der Waals surface area contributed by atoms with Crippen molar-refractivity contribution < 1.29 is 9.53 Å². The average Bonchev–Trinajstić information content (AvgIpc) is 2.61. The number of hydrogen-bond donors (Lipinski definition) is 0. The molecule has 1 aliphatic carbocycles. The molecule has 4 rings (SSSR count). The van der Waals surface area contributed by atoms with Crippen molar-refractivity contribution in [3.05, 3.63) is 23.8 Å². The molecule has 124 valence electrons. The number of fused-ring (bicyclic) bond motifs is 2. The summed E-state index contributed by atoms with van der Waals surface area (Å²) in [6, 6.07) is 0.296. The summed E-state index contributed by atoms with van der Waals surface area (Å²) in [5.74, 6) is 0.253. The van der Waals surface area contributed by atoms with Gasteiger partial charge in [0.05, 0.1) is 31.0 Å². The first-order valence-electron chi connectivity index (χ1n) is 8.72. The van der Waals surface area contributed by atoms with Crippen LogP contribution in [0.15, 0.2) is 12.5 Å². The van der Waals surface area contributed by atoms with Crippen LogP contribution in [0, 0.1) is 0 Å². The van der Waals surface area contributed by atoms with E-state index in [1.165, 1.54) is 18.4 Å². The summed E-state index contributed by atoms with van der Waals surface area (Å²) in [5, 5.41) is 0. The van der Waals surface area contributed by atoms with Gasteiger partial charge in [-0.15, -0.1) is 0 Å². The predicted octanol–water partition coefficient (Wildman–Crippen LogP) is 1.00. The minimum absolute atomic E-state index is 0.253. The molecule has 23 heavy (non-hydrogen) atoms. The summed E-state index contributed by atoms with van der Waals surface area (Å²) in [7, 11) is 0. The molecule has 3 heterocycles. The van der Waals surface area contributed by atoms with Gasteiger partial charge in [-0.05, 0) is 24.8 Å². The minimum Gasteiger partial charge on any atom is -0.374 e. The van der Waals surface area contributed by atoms with Crippen molar-refractivity contribution >= 4 is 5.91 Å². The molecule has 2 fully saturated rings. The van der Waals surface area contributed by atoms with E-state index in [2.05, 4.69) is 19.8 Å². The summed E-state index contributed by atoms with van der Waals surface area (Å²) < 4.78 is 5.87. The smallest absolute Gasteiger partial charge is 0.237 e. The average molecular weight is 316 g/mol. The Kier molecular flexibility index (Phi) is 4.27. The van der Waals surface area contributed by atoms with Crippen molar-refractivity contribution in [1.82, 2.24) is 19.8 Å². The lowest BCUT2D eigenvalue weighted by atomic mass is 9.90. The Hall–Kier alpha value is -1.53. The second-order valence-corrected chi connectivity index (χ2v) is 6.80. The van der Waals surface area contributed by atoms with Crippen molar-refractivity contribution in [3.8, 4) is 0 Å². The lowest BCUT2D eigenvalue weighted by Gasteiger charge is -2.44. The van der Waals surface area contributed by atoms with E-state index in [9.17, 15) is 4.79 Å². The van der Waals surface area contributed by atoms with E-state index >= 15 is 0 Å². The fourth-order valence-electron chi connectivity index (χ4n) is 4.13. The molecular formula is C17H24N4O2. The van der Waals surface area contributed by atoms with Crippen LogP contribution >= 0.6 is 0 Å². The van der Waals surface area contributed by atoms with E-state index < -0.39 is 0 Å². The first-order chi connectivity index (χ1) is 11.3. The quantitative estimate of drug-likeness (QED) is 0.815. The number of amides is 1. The molecule has 1 amide bonds. The third-order valence-corrected chi connectivity index (χ3v) is 5.36. The number of carbonyl (C=O) groups is 1. The van der Waals surface area contributed by atoms with E-state index in [0.29, 0.717) is 19.2 Å². The Labute approximate surface area is 136 Å². The fourth-order valence-corrected chi connectivity index (χ4v) is 4.13. The van der Waals surface area contributed by atoms with Gasteiger partial charge in [0.1, 0.15) is 6.33 Å². The summed E-state index contributed by atoms with van der Waals surface area (Å²) >= 11 is 0. The van der Waals surface area contributed by atoms with E-state index in [-0.39, 0.29) is 12.0 Å². The maximum Gasteiger partial charge on any atom is 0.237 e. The fraction of sp³-hybridized carbons (Fsp3) is 0.706. The Balaban J connectivity index is 1.40. The highest BCUT2D eigenvalue weighted by molar-refractivity contribution is 5.78. The molecule has 0 spiro atoms. The molecule has 1 saturated carbocycles. The Morgan fingerprint density at radius 3 is 3.17 bits per heavy atom. The SMILES string of the molecule is O=C(CN1CCc2cncnc2C1)N1CCO[C@H]2CCCC[C@H]21. The van der Waals surface area contributed by atoms with Gasteiger partial charge in [-0.2, -0.15) is 0 Å². The maximum absolute atomic E-state index is 12.8. The third kappa shape index (κ3) is 3.10. The second kappa shape index (κ2) is 6.53. The van der Waals surface area contributed by atoms with Crippen LogP contribution in [0.25, 0.3) is 0 Å². The van der Waals surface area contributed by atoms with Crippen LogP contribution in [-0.2, 0) is 22.5 Å². The normalized spacial score (nSPS) is 28.1. The van der Waals surface area contributed by atoms with Gasteiger partial charge in [-0.3, -0.25) is 9.69 Å². The molecule has 2 atom stereocenters. The third-order valence-electron chi connectivity index (χ3n) is 5.36. The van der Waals surface area contributed by atoms with Crippen LogP contribution in [0.1, 0.15) is 36.9 Å². The molecule has 0 radical (unpaired) electrons. The minimum atomic E-state index is 0.253. The molecule has 1 saturated heterocycles. The van der Waals surface area contributed by atoms with Crippen LogP contribution < -0.4 is 0 Å². The van der Waals surface area contributed by atoms with E-state index in [1.807, 2.05) is 6.20 Å². The van der Waals surface area contributed by atoms with Crippen molar-refractivity contribution in [3.63, 3.8) is 0 Å². The van der Waals surface area contributed by atoms with Gasteiger partial charge in [-0.1, -0.05) is 12.8 Å². The molecule has 2 aliphatic heterocycles. The summed E-state index contributed by atoms with van der Waals surface area (Å²) in [4.78, 5) is 25.6. The number of carbonyl (C=O) groups excluding carboxylic acids is 1. The van der Waals surface area contributed by atoms with Gasteiger partial charge in [0.2, 0.25) is 5.91 Å². The first-order valence-corrected chi connectivity index (χ1v) is 8.72. The van der Waals surface area contributed by atoms with Crippen molar-refractivity contribution in [2.24, 2.45) is 0 Å². The molecule has 0 aromatic carbocycles. The lowest BCUT2D eigenvalue weighted by Crippen LogP contribution is -2.57. The predicted molar refractivity (Wildman–Crippen MR) is 84.7 cm³/mol. The van der Waals surface area contributed by atoms with Crippen molar-refractivity contribution in [1.29, 1.82) is 0 Å².